The predicted molar refractivity (Wildman–Crippen MR) is 62.6 cm³/mol. The monoisotopic (exact) mass is 255 g/mol. The van der Waals surface area contributed by atoms with Crippen molar-refractivity contribution < 1.29 is 0 Å². The molecule has 0 aliphatic carbocycles. The maximum atomic E-state index is 11.6. The Morgan fingerprint density at radius 2 is 2.36 bits per heavy atom. The topological polar surface area (TPSA) is 22.0 Å². The van der Waals surface area contributed by atoms with E-state index in [0.717, 1.165) is 29.4 Å². The van der Waals surface area contributed by atoms with Gasteiger partial charge in [0.15, 0.2) is 0 Å². The van der Waals surface area contributed by atoms with E-state index in [1.165, 1.54) is 0 Å². The Morgan fingerprint density at radius 3 is 3.00 bits per heavy atom. The van der Waals surface area contributed by atoms with Crippen LogP contribution in [0, 0.1) is 6.92 Å². The molecule has 3 heteroatoms. The second-order valence-electron chi connectivity index (χ2n) is 3.27. The van der Waals surface area contributed by atoms with Crippen molar-refractivity contribution in [1.29, 1.82) is 0 Å². The molecule has 1 aromatic heterocycles. The third-order valence-corrected chi connectivity index (χ3v) is 2.47. The Labute approximate surface area is 92.4 Å². The summed E-state index contributed by atoms with van der Waals surface area (Å²) in [7, 11) is 0. The average molecular weight is 256 g/mol. The number of hydrogen-bond donors (Lipinski definition) is 0. The van der Waals surface area contributed by atoms with Gasteiger partial charge in [-0.3, -0.25) is 4.79 Å². The zero-order valence-electron chi connectivity index (χ0n) is 8.29. The summed E-state index contributed by atoms with van der Waals surface area (Å²) in [5.74, 6) is 0. The molecule has 0 saturated carbocycles. The van der Waals surface area contributed by atoms with Gasteiger partial charge in [0.25, 0.3) is 5.56 Å². The molecular formula is C11H14BrNO. The van der Waals surface area contributed by atoms with Gasteiger partial charge in [0.1, 0.15) is 0 Å². The van der Waals surface area contributed by atoms with Gasteiger partial charge < -0.3 is 4.57 Å². The molecule has 0 saturated heterocycles. The first-order chi connectivity index (χ1) is 6.65. The molecular weight excluding hydrogens is 242 g/mol. The normalized spacial score (nSPS) is 10.1. The van der Waals surface area contributed by atoms with E-state index in [0.29, 0.717) is 0 Å². The third kappa shape index (κ3) is 2.84. The van der Waals surface area contributed by atoms with Crippen molar-refractivity contribution in [2.24, 2.45) is 0 Å². The summed E-state index contributed by atoms with van der Waals surface area (Å²) in [6, 6.07) is 1.84. The molecule has 0 unspecified atom stereocenters. The lowest BCUT2D eigenvalue weighted by Crippen LogP contribution is -2.21. The molecule has 0 aromatic carbocycles. The SMILES string of the molecule is C=CCCCn1cc(Br)cc(C)c1=O. The minimum absolute atomic E-state index is 0.0947. The van der Waals surface area contributed by atoms with E-state index in [1.54, 1.807) is 4.57 Å². The molecule has 0 radical (unpaired) electrons. The first-order valence-electron chi connectivity index (χ1n) is 4.62. The number of aromatic nitrogens is 1. The van der Waals surface area contributed by atoms with Crippen LogP contribution in [0.3, 0.4) is 0 Å². The molecule has 0 spiro atoms. The van der Waals surface area contributed by atoms with Crippen LogP contribution >= 0.6 is 15.9 Å². The molecule has 2 nitrogen and oxygen atoms in total. The lowest BCUT2D eigenvalue weighted by Gasteiger charge is -2.06. The highest BCUT2D eigenvalue weighted by Crippen LogP contribution is 2.08. The fourth-order valence-electron chi connectivity index (χ4n) is 1.31. The van der Waals surface area contributed by atoms with Crippen LogP contribution in [0.15, 0.2) is 34.2 Å². The number of unbranched alkanes of at least 4 members (excludes halogenated alkanes) is 1. The highest BCUT2D eigenvalue weighted by Gasteiger charge is 2.00. The summed E-state index contributed by atoms with van der Waals surface area (Å²) in [6.07, 6.45) is 5.60. The number of allylic oxidation sites excluding steroid dienone is 1. The Morgan fingerprint density at radius 1 is 1.64 bits per heavy atom. The third-order valence-electron chi connectivity index (χ3n) is 2.04. The second-order valence-corrected chi connectivity index (χ2v) is 4.19. The number of hydrogen-bond acceptors (Lipinski definition) is 1. The van der Waals surface area contributed by atoms with Gasteiger partial charge in [0.2, 0.25) is 0 Å². The van der Waals surface area contributed by atoms with Gasteiger partial charge in [-0.2, -0.15) is 0 Å². The number of rotatable bonds is 4. The lowest BCUT2D eigenvalue weighted by molar-refractivity contribution is 0.624. The minimum Gasteiger partial charge on any atom is -0.314 e. The van der Waals surface area contributed by atoms with E-state index >= 15 is 0 Å². The Bertz CT molecular complexity index is 381. The van der Waals surface area contributed by atoms with Gasteiger partial charge in [0.05, 0.1) is 0 Å². The number of pyridine rings is 1. The van der Waals surface area contributed by atoms with E-state index in [9.17, 15) is 4.79 Å². The van der Waals surface area contributed by atoms with Gasteiger partial charge in [0, 0.05) is 22.8 Å². The second kappa shape index (κ2) is 5.15. The van der Waals surface area contributed by atoms with Gasteiger partial charge in [-0.25, -0.2) is 0 Å². The molecule has 0 aliphatic rings. The van der Waals surface area contributed by atoms with Crippen LogP contribution in [0.25, 0.3) is 0 Å². The first kappa shape index (κ1) is 11.2. The molecule has 0 fully saturated rings. The summed E-state index contributed by atoms with van der Waals surface area (Å²) in [6.45, 7) is 6.24. The molecule has 14 heavy (non-hydrogen) atoms. The summed E-state index contributed by atoms with van der Waals surface area (Å²) < 4.78 is 2.69. The molecule has 76 valence electrons. The van der Waals surface area contributed by atoms with Crippen molar-refractivity contribution in [2.75, 3.05) is 0 Å². The summed E-state index contributed by atoms with van der Waals surface area (Å²) in [5.41, 5.74) is 0.871. The van der Waals surface area contributed by atoms with Crippen molar-refractivity contribution in [3.05, 3.63) is 45.3 Å². The van der Waals surface area contributed by atoms with E-state index in [2.05, 4.69) is 22.5 Å². The van der Waals surface area contributed by atoms with Crippen LogP contribution in [0.2, 0.25) is 0 Å². The summed E-state index contributed by atoms with van der Waals surface area (Å²) in [5, 5.41) is 0. The minimum atomic E-state index is 0.0947. The number of halogens is 1. The van der Waals surface area contributed by atoms with Crippen molar-refractivity contribution in [2.45, 2.75) is 26.3 Å². The average Bonchev–Trinajstić information content (AvgIpc) is 2.13. The first-order valence-corrected chi connectivity index (χ1v) is 5.42. The highest BCUT2D eigenvalue weighted by atomic mass is 79.9. The van der Waals surface area contributed by atoms with E-state index in [1.807, 2.05) is 25.3 Å². The Hall–Kier alpha value is -0.830. The predicted octanol–water partition coefficient (Wildman–Crippen LogP) is 2.89. The molecule has 0 N–H and O–H groups in total. The van der Waals surface area contributed by atoms with E-state index < -0.39 is 0 Å². The van der Waals surface area contributed by atoms with E-state index in [-0.39, 0.29) is 5.56 Å². The van der Waals surface area contributed by atoms with Crippen LogP contribution in [-0.4, -0.2) is 4.57 Å². The van der Waals surface area contributed by atoms with Crippen LogP contribution in [0.5, 0.6) is 0 Å². The molecule has 1 rings (SSSR count). The maximum Gasteiger partial charge on any atom is 0.253 e. The molecule has 0 aliphatic heterocycles. The fourth-order valence-corrected chi connectivity index (χ4v) is 1.90. The van der Waals surface area contributed by atoms with Crippen molar-refractivity contribution >= 4 is 15.9 Å². The smallest absolute Gasteiger partial charge is 0.253 e. The molecule has 1 aromatic rings. The van der Waals surface area contributed by atoms with Crippen LogP contribution in [0.4, 0.5) is 0 Å². The lowest BCUT2D eigenvalue weighted by atomic mass is 10.3. The zero-order valence-corrected chi connectivity index (χ0v) is 9.88. The van der Waals surface area contributed by atoms with Crippen molar-refractivity contribution in [3.8, 4) is 0 Å². The van der Waals surface area contributed by atoms with Gasteiger partial charge >= 0.3 is 0 Å². The molecule has 0 atom stereocenters. The Balaban J connectivity index is 2.85. The number of aryl methyl sites for hydroxylation is 2. The largest absolute Gasteiger partial charge is 0.314 e. The Kier molecular flexibility index (Phi) is 4.14. The van der Waals surface area contributed by atoms with Crippen LogP contribution in [-0.2, 0) is 6.54 Å². The van der Waals surface area contributed by atoms with Gasteiger partial charge in [-0.05, 0) is 41.8 Å². The standard InChI is InChI=1S/C11H14BrNO/c1-3-4-5-6-13-8-10(12)7-9(2)11(13)14/h3,7-8H,1,4-6H2,2H3. The highest BCUT2D eigenvalue weighted by molar-refractivity contribution is 9.10. The van der Waals surface area contributed by atoms with Crippen molar-refractivity contribution in [3.63, 3.8) is 0 Å². The molecule has 0 amide bonds. The summed E-state index contributed by atoms with van der Waals surface area (Å²) >= 11 is 3.38. The van der Waals surface area contributed by atoms with Gasteiger partial charge in [-0.1, -0.05) is 6.08 Å². The molecule has 1 heterocycles. The van der Waals surface area contributed by atoms with Crippen LogP contribution < -0.4 is 5.56 Å². The quantitative estimate of drug-likeness (QED) is 0.599. The van der Waals surface area contributed by atoms with Crippen molar-refractivity contribution in [1.82, 2.24) is 4.57 Å². The summed E-state index contributed by atoms with van der Waals surface area (Å²) in [4.78, 5) is 11.6. The van der Waals surface area contributed by atoms with Gasteiger partial charge in [-0.15, -0.1) is 6.58 Å². The molecule has 0 bridgehead atoms. The van der Waals surface area contributed by atoms with E-state index in [4.69, 9.17) is 0 Å². The maximum absolute atomic E-state index is 11.6. The number of nitrogens with zero attached hydrogens (tertiary/aromatic N) is 1. The van der Waals surface area contributed by atoms with Crippen LogP contribution in [0.1, 0.15) is 18.4 Å². The fraction of sp³-hybridized carbons (Fsp3) is 0.364. The zero-order chi connectivity index (χ0) is 10.6.